The maximum Gasteiger partial charge on any atom is 0.257 e. The third-order valence-corrected chi connectivity index (χ3v) is 6.04. The fourth-order valence-electron chi connectivity index (χ4n) is 4.28. The van der Waals surface area contributed by atoms with Gasteiger partial charge >= 0.3 is 0 Å². The molecule has 1 N–H and O–H groups in total. The van der Waals surface area contributed by atoms with E-state index in [0.29, 0.717) is 24.2 Å². The lowest BCUT2D eigenvalue weighted by atomic mass is 10.0. The smallest absolute Gasteiger partial charge is 0.257 e. The summed E-state index contributed by atoms with van der Waals surface area (Å²) >= 11 is 0. The van der Waals surface area contributed by atoms with Crippen LogP contribution in [0.1, 0.15) is 45.3 Å². The molecule has 1 unspecified atom stereocenters. The second-order valence-electron chi connectivity index (χ2n) is 8.27. The van der Waals surface area contributed by atoms with E-state index in [4.69, 9.17) is 4.98 Å². The van der Waals surface area contributed by atoms with Crippen LogP contribution in [0.5, 0.6) is 0 Å². The molecule has 1 amide bonds. The number of aromatic nitrogens is 5. The Kier molecular flexibility index (Phi) is 4.46. The highest BCUT2D eigenvalue weighted by molar-refractivity contribution is 5.99. The van der Waals surface area contributed by atoms with Gasteiger partial charge in [-0.1, -0.05) is 24.3 Å². The number of aromatic amines is 1. The average Bonchev–Trinajstić information content (AvgIpc) is 3.47. The number of carbonyl (C=O) groups excluding carboxylic acids is 1. The van der Waals surface area contributed by atoms with E-state index in [-0.39, 0.29) is 11.9 Å². The van der Waals surface area contributed by atoms with Crippen LogP contribution in [0.25, 0.3) is 16.7 Å². The standard InChI is InChI=1S/C24H24N6O/c1-14-10-21(23-27-18-11-16(3)17(4)12-19(18)28-23)29(13-14)24(31)22-15(2)6-5-7-20(22)30-25-8-9-26-30/h5-9,11-12,21H,1,10,13H2,2-4H3,(H,27,28). The fourth-order valence-corrected chi connectivity index (χ4v) is 4.28. The summed E-state index contributed by atoms with van der Waals surface area (Å²) < 4.78 is 0. The number of benzene rings is 2. The van der Waals surface area contributed by atoms with Crippen molar-refractivity contribution < 1.29 is 4.79 Å². The molecule has 7 heteroatoms. The zero-order valence-corrected chi connectivity index (χ0v) is 17.9. The third kappa shape index (κ3) is 3.22. The first kappa shape index (κ1) is 19.2. The van der Waals surface area contributed by atoms with Crippen molar-refractivity contribution >= 4 is 16.9 Å². The van der Waals surface area contributed by atoms with Crippen LogP contribution >= 0.6 is 0 Å². The summed E-state index contributed by atoms with van der Waals surface area (Å²) in [5.74, 6) is 0.723. The Bertz CT molecular complexity index is 1280. The first-order valence-corrected chi connectivity index (χ1v) is 10.3. The van der Waals surface area contributed by atoms with Crippen molar-refractivity contribution in [3.63, 3.8) is 0 Å². The van der Waals surface area contributed by atoms with Gasteiger partial charge in [-0.3, -0.25) is 4.79 Å². The minimum Gasteiger partial charge on any atom is -0.340 e. The van der Waals surface area contributed by atoms with Crippen molar-refractivity contribution in [2.75, 3.05) is 6.54 Å². The maximum absolute atomic E-state index is 13.8. The molecule has 0 spiro atoms. The van der Waals surface area contributed by atoms with Crippen molar-refractivity contribution in [3.05, 3.63) is 83.0 Å². The van der Waals surface area contributed by atoms with Crippen molar-refractivity contribution in [2.45, 2.75) is 33.2 Å². The molecule has 4 aromatic rings. The lowest BCUT2D eigenvalue weighted by Crippen LogP contribution is -2.32. The molecule has 0 aliphatic carbocycles. The molecule has 1 saturated heterocycles. The number of hydrogen-bond donors (Lipinski definition) is 1. The molecule has 0 bridgehead atoms. The SMILES string of the molecule is C=C1CC(c2nc3cc(C)c(C)cc3[nH]2)N(C(=O)c2c(C)cccc2-n2nccn2)C1. The second kappa shape index (κ2) is 7.19. The van der Waals surface area contributed by atoms with Crippen LogP contribution in [-0.4, -0.2) is 42.3 Å². The summed E-state index contributed by atoms with van der Waals surface area (Å²) in [6.45, 7) is 10.8. The Labute approximate surface area is 180 Å². The Morgan fingerprint density at radius 2 is 1.84 bits per heavy atom. The van der Waals surface area contributed by atoms with Gasteiger partial charge < -0.3 is 9.88 Å². The van der Waals surface area contributed by atoms with E-state index >= 15 is 0 Å². The number of fused-ring (bicyclic) bond motifs is 1. The highest BCUT2D eigenvalue weighted by atomic mass is 16.2. The molecule has 3 heterocycles. The van der Waals surface area contributed by atoms with Crippen LogP contribution in [-0.2, 0) is 0 Å². The number of H-pyrrole nitrogens is 1. The molecule has 2 aromatic carbocycles. The second-order valence-corrected chi connectivity index (χ2v) is 8.27. The van der Waals surface area contributed by atoms with Crippen molar-refractivity contribution in [1.82, 2.24) is 29.9 Å². The van der Waals surface area contributed by atoms with E-state index in [1.54, 1.807) is 12.4 Å². The summed E-state index contributed by atoms with van der Waals surface area (Å²) in [5, 5.41) is 8.47. The van der Waals surface area contributed by atoms with Crippen molar-refractivity contribution in [2.24, 2.45) is 0 Å². The largest absolute Gasteiger partial charge is 0.340 e. The van der Waals surface area contributed by atoms with Crippen LogP contribution in [0.4, 0.5) is 0 Å². The summed E-state index contributed by atoms with van der Waals surface area (Å²) in [5.41, 5.74) is 7.47. The molecule has 156 valence electrons. The van der Waals surface area contributed by atoms with Gasteiger partial charge in [0.1, 0.15) is 5.82 Å². The first-order chi connectivity index (χ1) is 14.9. The van der Waals surface area contributed by atoms with Crippen molar-refractivity contribution in [3.8, 4) is 5.69 Å². The van der Waals surface area contributed by atoms with Gasteiger partial charge in [0.15, 0.2) is 0 Å². The van der Waals surface area contributed by atoms with Gasteiger partial charge in [-0.25, -0.2) is 4.98 Å². The topological polar surface area (TPSA) is 79.7 Å². The van der Waals surface area contributed by atoms with Gasteiger partial charge in [-0.2, -0.15) is 15.0 Å². The molecule has 1 aliphatic rings. The zero-order chi connectivity index (χ0) is 21.7. The quantitative estimate of drug-likeness (QED) is 0.511. The molecular formula is C24H24N6O. The molecule has 1 atom stereocenters. The highest BCUT2D eigenvalue weighted by Gasteiger charge is 2.36. The number of aryl methyl sites for hydroxylation is 3. The van der Waals surface area contributed by atoms with Gasteiger partial charge in [0.25, 0.3) is 5.91 Å². The van der Waals surface area contributed by atoms with Gasteiger partial charge in [0.2, 0.25) is 0 Å². The molecule has 0 radical (unpaired) electrons. The summed E-state index contributed by atoms with van der Waals surface area (Å²) in [4.78, 5) is 25.4. The Hall–Kier alpha value is -3.74. The first-order valence-electron chi connectivity index (χ1n) is 10.3. The molecule has 5 rings (SSSR count). The Morgan fingerprint density at radius 3 is 2.61 bits per heavy atom. The van der Waals surface area contributed by atoms with Crippen LogP contribution in [0, 0.1) is 20.8 Å². The van der Waals surface area contributed by atoms with E-state index in [1.165, 1.54) is 15.9 Å². The average molecular weight is 412 g/mol. The van der Waals surface area contributed by atoms with E-state index < -0.39 is 0 Å². The summed E-state index contributed by atoms with van der Waals surface area (Å²) in [7, 11) is 0. The minimum atomic E-state index is -0.189. The Morgan fingerprint density at radius 1 is 1.10 bits per heavy atom. The maximum atomic E-state index is 13.8. The van der Waals surface area contributed by atoms with E-state index in [2.05, 4.69) is 47.7 Å². The Balaban J connectivity index is 1.57. The number of nitrogens with zero attached hydrogens (tertiary/aromatic N) is 5. The molecule has 2 aromatic heterocycles. The molecule has 0 saturated carbocycles. The molecule has 31 heavy (non-hydrogen) atoms. The molecule has 7 nitrogen and oxygen atoms in total. The molecule has 1 aliphatic heterocycles. The highest BCUT2D eigenvalue weighted by Crippen LogP contribution is 2.36. The lowest BCUT2D eigenvalue weighted by Gasteiger charge is -2.24. The predicted octanol–water partition coefficient (Wildman–Crippen LogP) is 4.21. The van der Waals surface area contributed by atoms with Crippen LogP contribution in [0.3, 0.4) is 0 Å². The van der Waals surface area contributed by atoms with Crippen molar-refractivity contribution in [1.29, 1.82) is 0 Å². The van der Waals surface area contributed by atoms with E-state index in [0.717, 1.165) is 28.0 Å². The third-order valence-electron chi connectivity index (χ3n) is 6.04. The number of hydrogen-bond acceptors (Lipinski definition) is 4. The van der Waals surface area contributed by atoms with E-state index in [1.807, 2.05) is 30.0 Å². The van der Waals surface area contributed by atoms with Gasteiger partial charge in [-0.05, 0) is 62.1 Å². The summed E-state index contributed by atoms with van der Waals surface area (Å²) in [6.07, 6.45) is 3.90. The molecule has 1 fully saturated rings. The predicted molar refractivity (Wildman–Crippen MR) is 119 cm³/mol. The minimum absolute atomic E-state index is 0.0677. The number of rotatable bonds is 3. The normalized spacial score (nSPS) is 16.4. The number of imidazole rings is 1. The number of carbonyl (C=O) groups is 1. The number of nitrogens with one attached hydrogen (secondary N) is 1. The summed E-state index contributed by atoms with van der Waals surface area (Å²) in [6, 6.07) is 9.73. The molecular weight excluding hydrogens is 388 g/mol. The number of likely N-dealkylation sites (tertiary alicyclic amines) is 1. The van der Waals surface area contributed by atoms with E-state index in [9.17, 15) is 4.79 Å². The fraction of sp³-hybridized carbons (Fsp3) is 0.250. The van der Waals surface area contributed by atoms with Crippen LogP contribution in [0.15, 0.2) is 54.9 Å². The number of amides is 1. The van der Waals surface area contributed by atoms with Gasteiger partial charge in [-0.15, -0.1) is 0 Å². The van der Waals surface area contributed by atoms with Crippen LogP contribution in [0.2, 0.25) is 0 Å². The lowest BCUT2D eigenvalue weighted by molar-refractivity contribution is 0.0732. The van der Waals surface area contributed by atoms with Gasteiger partial charge in [0, 0.05) is 6.54 Å². The van der Waals surface area contributed by atoms with Crippen LogP contribution < -0.4 is 0 Å². The zero-order valence-electron chi connectivity index (χ0n) is 17.9. The van der Waals surface area contributed by atoms with Gasteiger partial charge in [0.05, 0.1) is 40.7 Å². The monoisotopic (exact) mass is 412 g/mol.